The van der Waals surface area contributed by atoms with E-state index in [1.54, 1.807) is 11.6 Å². The average Bonchev–Trinajstić information content (AvgIpc) is 3.04. The maximum atomic E-state index is 11.0. The molecule has 0 atom stereocenters. The average molecular weight is 254 g/mol. The molecule has 0 radical (unpaired) electrons. The molecule has 1 heterocycles. The summed E-state index contributed by atoms with van der Waals surface area (Å²) in [6, 6.07) is 0. The van der Waals surface area contributed by atoms with Gasteiger partial charge in [0, 0.05) is 18.5 Å². The maximum absolute atomic E-state index is 11.0. The lowest BCUT2D eigenvalue weighted by molar-refractivity contribution is -0.384. The van der Waals surface area contributed by atoms with Crippen LogP contribution in [0.5, 0.6) is 0 Å². The molecule has 0 unspecified atom stereocenters. The van der Waals surface area contributed by atoms with Gasteiger partial charge in [-0.15, -0.1) is 0 Å². The summed E-state index contributed by atoms with van der Waals surface area (Å²) < 4.78 is 1.60. The van der Waals surface area contributed by atoms with Crippen molar-refractivity contribution in [2.24, 2.45) is 5.41 Å². The fourth-order valence-corrected chi connectivity index (χ4v) is 2.03. The van der Waals surface area contributed by atoms with Crippen LogP contribution in [0.1, 0.15) is 25.5 Å². The Morgan fingerprint density at radius 2 is 2.28 bits per heavy atom. The van der Waals surface area contributed by atoms with Gasteiger partial charge in [-0.3, -0.25) is 10.1 Å². The van der Waals surface area contributed by atoms with Gasteiger partial charge in [-0.05, 0) is 26.7 Å². The largest absolute Gasteiger partial charge is 0.396 e. The van der Waals surface area contributed by atoms with Crippen LogP contribution < -0.4 is 5.32 Å². The molecule has 2 rings (SSSR count). The summed E-state index contributed by atoms with van der Waals surface area (Å²) in [7, 11) is 0. The summed E-state index contributed by atoms with van der Waals surface area (Å²) in [6.45, 7) is 4.76. The van der Waals surface area contributed by atoms with E-state index in [1.165, 1.54) is 0 Å². The number of aliphatic hydroxyl groups is 1. The van der Waals surface area contributed by atoms with E-state index in [-0.39, 0.29) is 17.7 Å². The molecule has 1 aromatic rings. The Hall–Kier alpha value is -1.63. The Labute approximate surface area is 105 Å². The minimum atomic E-state index is -0.407. The van der Waals surface area contributed by atoms with Gasteiger partial charge in [0.05, 0.1) is 11.5 Å². The molecule has 18 heavy (non-hydrogen) atoms. The van der Waals surface area contributed by atoms with E-state index < -0.39 is 4.92 Å². The third-order valence-electron chi connectivity index (χ3n) is 3.50. The molecule has 0 aliphatic heterocycles. The van der Waals surface area contributed by atoms with Crippen LogP contribution in [0.4, 0.5) is 11.5 Å². The number of nitrogens with one attached hydrogen (secondary N) is 1. The molecule has 1 aromatic heterocycles. The summed E-state index contributed by atoms with van der Waals surface area (Å²) in [5, 5.41) is 27.5. The molecule has 0 spiro atoms. The van der Waals surface area contributed by atoms with Gasteiger partial charge in [-0.1, -0.05) is 0 Å². The Kier molecular flexibility index (Phi) is 3.25. The molecule has 1 saturated carbocycles. The van der Waals surface area contributed by atoms with Crippen LogP contribution in [0.15, 0.2) is 0 Å². The van der Waals surface area contributed by atoms with E-state index in [1.807, 2.05) is 6.92 Å². The third kappa shape index (κ3) is 2.17. The van der Waals surface area contributed by atoms with Crippen molar-refractivity contribution in [3.05, 3.63) is 15.8 Å². The zero-order chi connectivity index (χ0) is 13.3. The van der Waals surface area contributed by atoms with Gasteiger partial charge >= 0.3 is 5.69 Å². The number of aliphatic hydroxyl groups excluding tert-OH is 1. The summed E-state index contributed by atoms with van der Waals surface area (Å²) in [4.78, 5) is 10.6. The second-order valence-electron chi connectivity index (χ2n) is 4.87. The first-order valence-corrected chi connectivity index (χ1v) is 6.09. The molecular weight excluding hydrogens is 236 g/mol. The first-order chi connectivity index (χ1) is 8.53. The fourth-order valence-electron chi connectivity index (χ4n) is 2.03. The van der Waals surface area contributed by atoms with Crippen LogP contribution in [-0.2, 0) is 6.54 Å². The molecule has 0 saturated heterocycles. The molecule has 0 bridgehead atoms. The van der Waals surface area contributed by atoms with Crippen LogP contribution in [0.2, 0.25) is 0 Å². The maximum Gasteiger partial charge on any atom is 0.333 e. The van der Waals surface area contributed by atoms with Crippen LogP contribution in [0, 0.1) is 22.5 Å². The number of nitro groups is 1. The SMILES string of the molecule is CCn1nc(C)c([N+](=O)[O-])c1NCC1(CO)CC1. The second kappa shape index (κ2) is 4.56. The smallest absolute Gasteiger partial charge is 0.333 e. The second-order valence-corrected chi connectivity index (χ2v) is 4.87. The zero-order valence-electron chi connectivity index (χ0n) is 10.6. The van der Waals surface area contributed by atoms with Crippen molar-refractivity contribution in [3.63, 3.8) is 0 Å². The lowest BCUT2D eigenvalue weighted by Crippen LogP contribution is -2.21. The highest BCUT2D eigenvalue weighted by molar-refractivity contribution is 5.59. The molecule has 2 N–H and O–H groups in total. The molecule has 7 heteroatoms. The zero-order valence-corrected chi connectivity index (χ0v) is 10.6. The van der Waals surface area contributed by atoms with E-state index in [9.17, 15) is 15.2 Å². The minimum absolute atomic E-state index is 0.0330. The number of hydrogen-bond acceptors (Lipinski definition) is 5. The van der Waals surface area contributed by atoms with E-state index in [0.717, 1.165) is 12.8 Å². The van der Waals surface area contributed by atoms with Crippen molar-refractivity contribution in [1.82, 2.24) is 9.78 Å². The van der Waals surface area contributed by atoms with Crippen molar-refractivity contribution < 1.29 is 10.0 Å². The Balaban J connectivity index is 2.22. The predicted molar refractivity (Wildman–Crippen MR) is 66.5 cm³/mol. The topological polar surface area (TPSA) is 93.2 Å². The first kappa shape index (κ1) is 12.8. The normalized spacial score (nSPS) is 16.6. The highest BCUT2D eigenvalue weighted by atomic mass is 16.6. The molecule has 1 aliphatic carbocycles. The number of aryl methyl sites for hydroxylation is 2. The molecule has 1 fully saturated rings. The molecular formula is C11H18N4O3. The van der Waals surface area contributed by atoms with Crippen LogP contribution in [-0.4, -0.2) is 33.0 Å². The van der Waals surface area contributed by atoms with Crippen molar-refractivity contribution in [1.29, 1.82) is 0 Å². The van der Waals surface area contributed by atoms with Crippen molar-refractivity contribution in [2.45, 2.75) is 33.2 Å². The summed E-state index contributed by atoms with van der Waals surface area (Å²) in [6.07, 6.45) is 1.92. The van der Waals surface area contributed by atoms with E-state index in [0.29, 0.717) is 24.6 Å². The Morgan fingerprint density at radius 1 is 1.61 bits per heavy atom. The standard InChI is InChI=1S/C11H18N4O3/c1-3-14-10(9(15(17)18)8(2)13-14)12-6-11(7-16)4-5-11/h12,16H,3-7H2,1-2H3. The van der Waals surface area contributed by atoms with Crippen molar-refractivity contribution in [3.8, 4) is 0 Å². The minimum Gasteiger partial charge on any atom is -0.396 e. The number of anilines is 1. The van der Waals surface area contributed by atoms with Gasteiger partial charge in [0.1, 0.15) is 5.69 Å². The highest BCUT2D eigenvalue weighted by Gasteiger charge is 2.42. The summed E-state index contributed by atoms with van der Waals surface area (Å²) in [5.41, 5.74) is 0.355. The first-order valence-electron chi connectivity index (χ1n) is 6.09. The Morgan fingerprint density at radius 3 is 2.72 bits per heavy atom. The van der Waals surface area contributed by atoms with Crippen molar-refractivity contribution >= 4 is 11.5 Å². The Bertz CT molecular complexity index is 465. The van der Waals surface area contributed by atoms with E-state index in [4.69, 9.17) is 0 Å². The molecule has 0 amide bonds. The number of hydrogen-bond donors (Lipinski definition) is 2. The quantitative estimate of drug-likeness (QED) is 0.589. The predicted octanol–water partition coefficient (Wildman–Crippen LogP) is 1.30. The van der Waals surface area contributed by atoms with Gasteiger partial charge in [-0.25, -0.2) is 4.68 Å². The highest BCUT2D eigenvalue weighted by Crippen LogP contribution is 2.45. The monoisotopic (exact) mass is 254 g/mol. The molecule has 1 aliphatic rings. The number of nitrogens with zero attached hydrogens (tertiary/aromatic N) is 3. The van der Waals surface area contributed by atoms with Gasteiger partial charge in [0.2, 0.25) is 5.82 Å². The van der Waals surface area contributed by atoms with Crippen molar-refractivity contribution in [2.75, 3.05) is 18.5 Å². The van der Waals surface area contributed by atoms with Gasteiger partial charge < -0.3 is 10.4 Å². The van der Waals surface area contributed by atoms with E-state index in [2.05, 4.69) is 10.4 Å². The van der Waals surface area contributed by atoms with Gasteiger partial charge in [-0.2, -0.15) is 5.10 Å². The number of rotatable bonds is 6. The van der Waals surface area contributed by atoms with Crippen LogP contribution in [0.3, 0.4) is 0 Å². The van der Waals surface area contributed by atoms with Gasteiger partial charge in [0.15, 0.2) is 0 Å². The molecule has 7 nitrogen and oxygen atoms in total. The lowest BCUT2D eigenvalue weighted by atomic mass is 10.1. The van der Waals surface area contributed by atoms with Crippen LogP contribution in [0.25, 0.3) is 0 Å². The molecule has 100 valence electrons. The third-order valence-corrected chi connectivity index (χ3v) is 3.50. The van der Waals surface area contributed by atoms with E-state index >= 15 is 0 Å². The van der Waals surface area contributed by atoms with Gasteiger partial charge in [0.25, 0.3) is 0 Å². The summed E-state index contributed by atoms with van der Waals surface area (Å²) >= 11 is 0. The lowest BCUT2D eigenvalue weighted by Gasteiger charge is -2.13. The fraction of sp³-hybridized carbons (Fsp3) is 0.727. The van der Waals surface area contributed by atoms with Crippen LogP contribution >= 0.6 is 0 Å². The molecule has 0 aromatic carbocycles. The summed E-state index contributed by atoms with van der Waals surface area (Å²) in [5.74, 6) is 0.444. The number of aromatic nitrogens is 2.